The molecule has 0 saturated carbocycles. The molecule has 19 heavy (non-hydrogen) atoms. The van der Waals surface area contributed by atoms with Crippen LogP contribution in [0.3, 0.4) is 0 Å². The standard InChI is InChI=1S/C16H27NO2/c1-5-13(3)14(4)17-11-12-19-16-10-8-7-9-15(16)18-6-2/h7-10,13-14,17H,5-6,11-12H2,1-4H3. The Hall–Kier alpha value is -1.22. The number of hydrogen-bond donors (Lipinski definition) is 1. The molecule has 0 bridgehead atoms. The maximum Gasteiger partial charge on any atom is 0.161 e. The van der Waals surface area contributed by atoms with Crippen LogP contribution < -0.4 is 14.8 Å². The van der Waals surface area contributed by atoms with Gasteiger partial charge in [-0.2, -0.15) is 0 Å². The molecule has 0 radical (unpaired) electrons. The Labute approximate surface area is 117 Å². The van der Waals surface area contributed by atoms with E-state index in [-0.39, 0.29) is 0 Å². The topological polar surface area (TPSA) is 30.5 Å². The highest BCUT2D eigenvalue weighted by Crippen LogP contribution is 2.26. The van der Waals surface area contributed by atoms with Crippen molar-refractivity contribution >= 4 is 0 Å². The molecule has 1 N–H and O–H groups in total. The first-order valence-corrected chi connectivity index (χ1v) is 7.27. The highest BCUT2D eigenvalue weighted by molar-refractivity contribution is 5.39. The average molecular weight is 265 g/mol. The summed E-state index contributed by atoms with van der Waals surface area (Å²) in [5, 5.41) is 3.49. The van der Waals surface area contributed by atoms with Gasteiger partial charge in [0.2, 0.25) is 0 Å². The van der Waals surface area contributed by atoms with Gasteiger partial charge in [-0.1, -0.05) is 32.4 Å². The van der Waals surface area contributed by atoms with Crippen LogP contribution in [-0.4, -0.2) is 25.8 Å². The lowest BCUT2D eigenvalue weighted by atomic mass is 10.0. The molecule has 0 fully saturated rings. The second-order valence-electron chi connectivity index (χ2n) is 4.86. The van der Waals surface area contributed by atoms with E-state index in [0.717, 1.165) is 18.0 Å². The summed E-state index contributed by atoms with van der Waals surface area (Å²) in [6, 6.07) is 8.33. The van der Waals surface area contributed by atoms with Gasteiger partial charge in [0.25, 0.3) is 0 Å². The zero-order valence-corrected chi connectivity index (χ0v) is 12.6. The zero-order valence-electron chi connectivity index (χ0n) is 12.6. The van der Waals surface area contributed by atoms with Gasteiger partial charge in [-0.05, 0) is 31.9 Å². The van der Waals surface area contributed by atoms with Gasteiger partial charge >= 0.3 is 0 Å². The first-order chi connectivity index (χ1) is 9.19. The molecule has 1 rings (SSSR count). The van der Waals surface area contributed by atoms with Gasteiger partial charge in [0.05, 0.1) is 6.61 Å². The van der Waals surface area contributed by atoms with Crippen molar-refractivity contribution < 1.29 is 9.47 Å². The van der Waals surface area contributed by atoms with Crippen LogP contribution in [0.2, 0.25) is 0 Å². The third kappa shape index (κ3) is 5.52. The highest BCUT2D eigenvalue weighted by atomic mass is 16.5. The van der Waals surface area contributed by atoms with Crippen molar-refractivity contribution in [3.8, 4) is 11.5 Å². The van der Waals surface area contributed by atoms with Gasteiger partial charge in [-0.25, -0.2) is 0 Å². The maximum atomic E-state index is 5.77. The molecule has 2 atom stereocenters. The van der Waals surface area contributed by atoms with Crippen molar-refractivity contribution in [1.29, 1.82) is 0 Å². The molecule has 0 spiro atoms. The Morgan fingerprint density at radius 2 is 1.68 bits per heavy atom. The predicted octanol–water partition coefficient (Wildman–Crippen LogP) is 3.49. The fourth-order valence-electron chi connectivity index (χ4n) is 1.85. The summed E-state index contributed by atoms with van der Waals surface area (Å²) < 4.78 is 11.3. The van der Waals surface area contributed by atoms with Gasteiger partial charge in [-0.15, -0.1) is 0 Å². The van der Waals surface area contributed by atoms with Gasteiger partial charge in [0.1, 0.15) is 6.61 Å². The Bertz CT molecular complexity index is 354. The molecule has 0 aliphatic heterocycles. The summed E-state index contributed by atoms with van der Waals surface area (Å²) in [6.45, 7) is 10.9. The molecule has 0 aliphatic rings. The molecule has 108 valence electrons. The molecule has 0 amide bonds. The molecule has 1 aromatic carbocycles. The molecule has 0 saturated heterocycles. The summed E-state index contributed by atoms with van der Waals surface area (Å²) in [4.78, 5) is 0. The molecule has 3 heteroatoms. The van der Waals surface area contributed by atoms with Crippen molar-refractivity contribution in [2.24, 2.45) is 5.92 Å². The lowest BCUT2D eigenvalue weighted by Crippen LogP contribution is -2.34. The minimum Gasteiger partial charge on any atom is -0.490 e. The highest BCUT2D eigenvalue weighted by Gasteiger charge is 2.09. The van der Waals surface area contributed by atoms with Crippen molar-refractivity contribution in [1.82, 2.24) is 5.32 Å². The molecule has 1 aromatic rings. The van der Waals surface area contributed by atoms with Crippen LogP contribution in [0.15, 0.2) is 24.3 Å². The molecular weight excluding hydrogens is 238 g/mol. The van der Waals surface area contributed by atoms with E-state index in [9.17, 15) is 0 Å². The SMILES string of the molecule is CCOc1ccccc1OCCNC(C)C(C)CC. The van der Waals surface area contributed by atoms with E-state index in [1.165, 1.54) is 6.42 Å². The second-order valence-corrected chi connectivity index (χ2v) is 4.86. The summed E-state index contributed by atoms with van der Waals surface area (Å²) in [7, 11) is 0. The number of para-hydroxylation sites is 2. The fraction of sp³-hybridized carbons (Fsp3) is 0.625. The van der Waals surface area contributed by atoms with E-state index < -0.39 is 0 Å². The minimum absolute atomic E-state index is 0.524. The Morgan fingerprint density at radius 1 is 1.05 bits per heavy atom. The Balaban J connectivity index is 2.33. The Morgan fingerprint density at radius 3 is 2.26 bits per heavy atom. The minimum atomic E-state index is 0.524. The van der Waals surface area contributed by atoms with E-state index in [1.807, 2.05) is 31.2 Å². The van der Waals surface area contributed by atoms with E-state index in [4.69, 9.17) is 9.47 Å². The van der Waals surface area contributed by atoms with Crippen molar-refractivity contribution in [2.45, 2.75) is 40.2 Å². The lowest BCUT2D eigenvalue weighted by molar-refractivity contribution is 0.266. The number of ether oxygens (including phenoxy) is 2. The van der Waals surface area contributed by atoms with Crippen molar-refractivity contribution in [3.05, 3.63) is 24.3 Å². The smallest absolute Gasteiger partial charge is 0.161 e. The predicted molar refractivity (Wildman–Crippen MR) is 80.0 cm³/mol. The van der Waals surface area contributed by atoms with Gasteiger partial charge < -0.3 is 14.8 Å². The first-order valence-electron chi connectivity index (χ1n) is 7.27. The van der Waals surface area contributed by atoms with Crippen LogP contribution in [0.5, 0.6) is 11.5 Å². The van der Waals surface area contributed by atoms with Crippen LogP contribution in [0, 0.1) is 5.92 Å². The summed E-state index contributed by atoms with van der Waals surface area (Å²) in [5.41, 5.74) is 0. The van der Waals surface area contributed by atoms with Crippen LogP contribution in [0.25, 0.3) is 0 Å². The van der Waals surface area contributed by atoms with Crippen molar-refractivity contribution in [2.75, 3.05) is 19.8 Å². The van der Waals surface area contributed by atoms with Gasteiger partial charge in [-0.3, -0.25) is 0 Å². The number of nitrogens with one attached hydrogen (secondary N) is 1. The largest absolute Gasteiger partial charge is 0.490 e. The van der Waals surface area contributed by atoms with E-state index in [1.54, 1.807) is 0 Å². The number of rotatable bonds is 9. The molecule has 0 heterocycles. The Kier molecular flexibility index (Phi) is 7.34. The normalized spacial score (nSPS) is 13.9. The van der Waals surface area contributed by atoms with Gasteiger partial charge in [0, 0.05) is 12.6 Å². The quantitative estimate of drug-likeness (QED) is 0.693. The van der Waals surface area contributed by atoms with Crippen LogP contribution >= 0.6 is 0 Å². The van der Waals surface area contributed by atoms with E-state index >= 15 is 0 Å². The van der Waals surface area contributed by atoms with Crippen LogP contribution in [-0.2, 0) is 0 Å². The summed E-state index contributed by atoms with van der Waals surface area (Å²) in [5.74, 6) is 2.33. The molecule has 3 nitrogen and oxygen atoms in total. The third-order valence-electron chi connectivity index (χ3n) is 3.47. The monoisotopic (exact) mass is 265 g/mol. The number of benzene rings is 1. The lowest BCUT2D eigenvalue weighted by Gasteiger charge is -2.20. The maximum absolute atomic E-state index is 5.77. The summed E-state index contributed by atoms with van der Waals surface area (Å²) >= 11 is 0. The second kappa shape index (κ2) is 8.81. The van der Waals surface area contributed by atoms with Crippen molar-refractivity contribution in [3.63, 3.8) is 0 Å². The van der Waals surface area contributed by atoms with Gasteiger partial charge in [0.15, 0.2) is 11.5 Å². The van der Waals surface area contributed by atoms with E-state index in [2.05, 4.69) is 26.1 Å². The molecular formula is C16H27NO2. The van der Waals surface area contributed by atoms with Crippen LogP contribution in [0.1, 0.15) is 34.1 Å². The zero-order chi connectivity index (χ0) is 14.1. The summed E-state index contributed by atoms with van der Waals surface area (Å²) in [6.07, 6.45) is 1.20. The van der Waals surface area contributed by atoms with Crippen LogP contribution in [0.4, 0.5) is 0 Å². The molecule has 2 unspecified atom stereocenters. The molecule has 0 aromatic heterocycles. The third-order valence-corrected chi connectivity index (χ3v) is 3.47. The average Bonchev–Trinajstić information content (AvgIpc) is 2.44. The van der Waals surface area contributed by atoms with E-state index in [0.29, 0.717) is 25.2 Å². The number of hydrogen-bond acceptors (Lipinski definition) is 3. The first kappa shape index (κ1) is 15.8. The fourth-order valence-corrected chi connectivity index (χ4v) is 1.85. The molecule has 0 aliphatic carbocycles.